The molecule has 1 aromatic rings. The van der Waals surface area contributed by atoms with Crippen LogP contribution in [0.5, 0.6) is 0 Å². The molecule has 0 aromatic carbocycles. The number of aliphatic carboxylic acids is 1. The van der Waals surface area contributed by atoms with E-state index in [1.54, 1.807) is 15.8 Å². The average Bonchev–Trinajstić information content (AvgIpc) is 3.12. The summed E-state index contributed by atoms with van der Waals surface area (Å²) < 4.78 is 1.66. The van der Waals surface area contributed by atoms with Crippen molar-refractivity contribution < 1.29 is 14.7 Å². The van der Waals surface area contributed by atoms with Gasteiger partial charge in [-0.1, -0.05) is 18.6 Å². The zero-order valence-corrected chi connectivity index (χ0v) is 12.2. The van der Waals surface area contributed by atoms with Crippen LogP contribution >= 0.6 is 0 Å². The van der Waals surface area contributed by atoms with Crippen LogP contribution in [-0.4, -0.2) is 49.5 Å². The number of hydrogen-bond acceptors (Lipinski definition) is 4. The van der Waals surface area contributed by atoms with Gasteiger partial charge in [-0.3, -0.25) is 14.3 Å². The Hall–Kier alpha value is -1.92. The monoisotopic (exact) mass is 292 g/mol. The maximum absolute atomic E-state index is 12.6. The zero-order chi connectivity index (χ0) is 15.0. The standard InChI is InChI=1S/C14H20N4O3/c1-2-7-17-9-10(15-16-17)12(19)18-8-6-14(13(20)21)5-3-4-11(14)18/h9,11H,2-8H2,1H3,(H,20,21)/t11-,14+/m0/s1. The smallest absolute Gasteiger partial charge is 0.311 e. The zero-order valence-electron chi connectivity index (χ0n) is 12.2. The first-order valence-electron chi connectivity index (χ1n) is 7.53. The number of likely N-dealkylation sites (tertiary alicyclic amines) is 1. The van der Waals surface area contributed by atoms with Gasteiger partial charge in [0.2, 0.25) is 0 Å². The highest BCUT2D eigenvalue weighted by Gasteiger charge is 2.57. The fourth-order valence-electron chi connectivity index (χ4n) is 3.76. The summed E-state index contributed by atoms with van der Waals surface area (Å²) in [5.41, 5.74) is -0.425. The molecule has 0 unspecified atom stereocenters. The highest BCUT2D eigenvalue weighted by molar-refractivity contribution is 5.93. The Labute approximate surface area is 122 Å². The number of nitrogens with zero attached hydrogens (tertiary/aromatic N) is 4. The summed E-state index contributed by atoms with van der Waals surface area (Å²) in [6.45, 7) is 3.25. The molecule has 2 aliphatic rings. The van der Waals surface area contributed by atoms with Crippen molar-refractivity contribution in [3.63, 3.8) is 0 Å². The Kier molecular flexibility index (Phi) is 3.43. The average molecular weight is 292 g/mol. The Morgan fingerprint density at radius 1 is 1.48 bits per heavy atom. The predicted octanol–water partition coefficient (Wildman–Crippen LogP) is 1.16. The molecule has 1 aliphatic carbocycles. The van der Waals surface area contributed by atoms with Crippen molar-refractivity contribution >= 4 is 11.9 Å². The van der Waals surface area contributed by atoms with Crippen LogP contribution in [0, 0.1) is 5.41 Å². The minimum absolute atomic E-state index is 0.188. The normalized spacial score (nSPS) is 27.9. The van der Waals surface area contributed by atoms with Crippen LogP contribution in [0.2, 0.25) is 0 Å². The molecule has 114 valence electrons. The van der Waals surface area contributed by atoms with Gasteiger partial charge in [0.05, 0.1) is 11.6 Å². The Bertz CT molecular complexity index is 570. The Morgan fingerprint density at radius 2 is 2.29 bits per heavy atom. The van der Waals surface area contributed by atoms with Gasteiger partial charge in [0, 0.05) is 19.1 Å². The molecule has 1 N–H and O–H groups in total. The predicted molar refractivity (Wildman–Crippen MR) is 73.7 cm³/mol. The number of carbonyl (C=O) groups is 2. The molecule has 1 saturated heterocycles. The minimum atomic E-state index is -0.769. The van der Waals surface area contributed by atoms with Gasteiger partial charge in [0.25, 0.3) is 5.91 Å². The third kappa shape index (κ3) is 2.11. The van der Waals surface area contributed by atoms with E-state index in [4.69, 9.17) is 0 Å². The van der Waals surface area contributed by atoms with E-state index in [-0.39, 0.29) is 11.9 Å². The summed E-state index contributed by atoms with van der Waals surface area (Å²) in [6, 6.07) is -0.196. The van der Waals surface area contributed by atoms with Crippen molar-refractivity contribution in [3.05, 3.63) is 11.9 Å². The van der Waals surface area contributed by atoms with Crippen molar-refractivity contribution in [1.29, 1.82) is 0 Å². The number of hydrogen-bond donors (Lipinski definition) is 1. The first kappa shape index (κ1) is 14.0. The molecule has 1 amide bonds. The number of carboxylic acid groups (broad SMARTS) is 1. The highest BCUT2D eigenvalue weighted by atomic mass is 16.4. The first-order chi connectivity index (χ1) is 10.1. The van der Waals surface area contributed by atoms with E-state index in [9.17, 15) is 14.7 Å². The number of amides is 1. The van der Waals surface area contributed by atoms with Crippen LogP contribution < -0.4 is 0 Å². The second-order valence-electron chi connectivity index (χ2n) is 5.98. The second kappa shape index (κ2) is 5.13. The molecular formula is C14H20N4O3. The van der Waals surface area contributed by atoms with Crippen LogP contribution in [0.4, 0.5) is 0 Å². The molecule has 0 bridgehead atoms. The van der Waals surface area contributed by atoms with Crippen LogP contribution in [0.15, 0.2) is 6.20 Å². The van der Waals surface area contributed by atoms with Gasteiger partial charge in [-0.25, -0.2) is 0 Å². The van der Waals surface area contributed by atoms with Crippen LogP contribution in [-0.2, 0) is 11.3 Å². The van der Waals surface area contributed by atoms with Gasteiger partial charge >= 0.3 is 5.97 Å². The highest BCUT2D eigenvalue weighted by Crippen LogP contribution is 2.49. The van der Waals surface area contributed by atoms with Gasteiger partial charge in [0.15, 0.2) is 5.69 Å². The Morgan fingerprint density at radius 3 is 3.00 bits per heavy atom. The summed E-state index contributed by atoms with van der Waals surface area (Å²) in [4.78, 5) is 25.9. The molecule has 3 rings (SSSR count). The number of carboxylic acids is 1. The van der Waals surface area contributed by atoms with Crippen molar-refractivity contribution in [3.8, 4) is 0 Å². The molecular weight excluding hydrogens is 272 g/mol. The molecule has 1 aliphatic heterocycles. The Balaban J connectivity index is 1.81. The fourth-order valence-corrected chi connectivity index (χ4v) is 3.76. The maximum atomic E-state index is 12.6. The summed E-state index contributed by atoms with van der Waals surface area (Å²) in [7, 11) is 0. The molecule has 7 heteroatoms. The van der Waals surface area contributed by atoms with Gasteiger partial charge in [0.1, 0.15) is 0 Å². The number of rotatable bonds is 4. The van der Waals surface area contributed by atoms with Crippen molar-refractivity contribution in [2.24, 2.45) is 5.41 Å². The maximum Gasteiger partial charge on any atom is 0.311 e. The molecule has 0 spiro atoms. The SMILES string of the molecule is CCCn1cc(C(=O)N2CC[C@]3(C(=O)O)CCC[C@H]23)nn1. The number of fused-ring (bicyclic) bond motifs is 1. The number of aryl methyl sites for hydroxylation is 1. The molecule has 1 aromatic heterocycles. The third-order valence-electron chi connectivity index (χ3n) is 4.81. The van der Waals surface area contributed by atoms with Crippen molar-refractivity contribution in [2.45, 2.75) is 51.6 Å². The molecule has 7 nitrogen and oxygen atoms in total. The molecule has 0 radical (unpaired) electrons. The van der Waals surface area contributed by atoms with E-state index in [0.29, 0.717) is 25.1 Å². The number of carbonyl (C=O) groups excluding carboxylic acids is 1. The summed E-state index contributed by atoms with van der Waals surface area (Å²) in [5.74, 6) is -0.956. The molecule has 2 atom stereocenters. The van der Waals surface area contributed by atoms with Crippen LogP contribution in [0.3, 0.4) is 0 Å². The lowest BCUT2D eigenvalue weighted by atomic mass is 9.82. The summed E-state index contributed by atoms with van der Waals surface area (Å²) in [5, 5.41) is 17.4. The third-order valence-corrected chi connectivity index (χ3v) is 4.81. The molecule has 2 heterocycles. The van der Waals surface area contributed by atoms with Gasteiger partial charge < -0.3 is 10.0 Å². The topological polar surface area (TPSA) is 88.3 Å². The summed E-state index contributed by atoms with van der Waals surface area (Å²) >= 11 is 0. The van der Waals surface area contributed by atoms with Crippen molar-refractivity contribution in [2.75, 3.05) is 6.54 Å². The van der Waals surface area contributed by atoms with E-state index in [2.05, 4.69) is 10.3 Å². The van der Waals surface area contributed by atoms with E-state index >= 15 is 0 Å². The second-order valence-corrected chi connectivity index (χ2v) is 5.98. The fraction of sp³-hybridized carbons (Fsp3) is 0.714. The van der Waals surface area contributed by atoms with E-state index in [1.165, 1.54) is 0 Å². The van der Waals surface area contributed by atoms with Crippen LogP contribution in [0.25, 0.3) is 0 Å². The molecule has 21 heavy (non-hydrogen) atoms. The quantitative estimate of drug-likeness (QED) is 0.899. The first-order valence-corrected chi connectivity index (χ1v) is 7.53. The lowest BCUT2D eigenvalue weighted by Crippen LogP contribution is -2.43. The molecule has 2 fully saturated rings. The summed E-state index contributed by atoms with van der Waals surface area (Å²) in [6.07, 6.45) is 5.42. The van der Waals surface area contributed by atoms with Crippen LogP contribution in [0.1, 0.15) is 49.5 Å². The molecule has 1 saturated carbocycles. The lowest BCUT2D eigenvalue weighted by Gasteiger charge is -2.28. The van der Waals surface area contributed by atoms with E-state index in [0.717, 1.165) is 25.8 Å². The van der Waals surface area contributed by atoms with Gasteiger partial charge in [-0.15, -0.1) is 5.10 Å². The minimum Gasteiger partial charge on any atom is -0.481 e. The van der Waals surface area contributed by atoms with Crippen molar-refractivity contribution in [1.82, 2.24) is 19.9 Å². The van der Waals surface area contributed by atoms with E-state index in [1.807, 2.05) is 6.92 Å². The van der Waals surface area contributed by atoms with Gasteiger partial charge in [-0.2, -0.15) is 0 Å². The number of aromatic nitrogens is 3. The largest absolute Gasteiger partial charge is 0.481 e. The van der Waals surface area contributed by atoms with E-state index < -0.39 is 11.4 Å². The lowest BCUT2D eigenvalue weighted by molar-refractivity contribution is -0.149. The van der Waals surface area contributed by atoms with Gasteiger partial charge in [-0.05, 0) is 25.7 Å².